The molecule has 0 heterocycles. The summed E-state index contributed by atoms with van der Waals surface area (Å²) in [4.78, 5) is 22.3. The Morgan fingerprint density at radius 3 is 2.47 bits per heavy atom. The fourth-order valence-corrected chi connectivity index (χ4v) is 1.01. The maximum Gasteiger partial charge on any atom is 0.315 e. The van der Waals surface area contributed by atoms with Crippen molar-refractivity contribution in [2.24, 2.45) is 5.92 Å². The number of amides is 3. The third-order valence-corrected chi connectivity index (χ3v) is 2.03. The molecule has 5 heteroatoms. The summed E-state index contributed by atoms with van der Waals surface area (Å²) in [5.74, 6) is 0.281. The normalized spacial score (nSPS) is 14.9. The highest BCUT2D eigenvalue weighted by Gasteiger charge is 2.23. The van der Waals surface area contributed by atoms with Crippen molar-refractivity contribution < 1.29 is 9.59 Å². The van der Waals surface area contributed by atoms with Gasteiger partial charge in [-0.2, -0.15) is 0 Å². The van der Waals surface area contributed by atoms with Gasteiger partial charge >= 0.3 is 6.03 Å². The second kappa shape index (κ2) is 5.58. The number of carbonyl (C=O) groups is 2. The third-order valence-electron chi connectivity index (χ3n) is 2.03. The van der Waals surface area contributed by atoms with Gasteiger partial charge in [-0.25, -0.2) is 4.79 Å². The van der Waals surface area contributed by atoms with Crippen molar-refractivity contribution in [3.63, 3.8) is 0 Å². The molecule has 0 spiro atoms. The van der Waals surface area contributed by atoms with Gasteiger partial charge in [-0.3, -0.25) is 4.79 Å². The summed E-state index contributed by atoms with van der Waals surface area (Å²) in [6, 6.07) is 0.0703. The molecule has 0 aromatic carbocycles. The van der Waals surface area contributed by atoms with Gasteiger partial charge in [0.25, 0.3) is 0 Å². The quantitative estimate of drug-likeness (QED) is 0.611. The van der Waals surface area contributed by atoms with Crippen molar-refractivity contribution in [3.05, 3.63) is 0 Å². The molecular formula is C10H19N3O2. The van der Waals surface area contributed by atoms with Gasteiger partial charge in [-0.1, -0.05) is 13.8 Å². The molecule has 1 rings (SSSR count). The van der Waals surface area contributed by atoms with Crippen LogP contribution in [0.25, 0.3) is 0 Å². The van der Waals surface area contributed by atoms with Crippen molar-refractivity contribution in [3.8, 4) is 0 Å². The molecule has 0 radical (unpaired) electrons. The minimum atomic E-state index is -0.253. The SMILES string of the molecule is CC(C)CNC(=O)CNC(=O)NC1CC1. The highest BCUT2D eigenvalue weighted by molar-refractivity contribution is 5.84. The van der Waals surface area contributed by atoms with Crippen LogP contribution in [-0.2, 0) is 4.79 Å². The zero-order valence-electron chi connectivity index (χ0n) is 9.30. The Bertz CT molecular complexity index is 237. The number of nitrogens with one attached hydrogen (secondary N) is 3. The van der Waals surface area contributed by atoms with E-state index in [1.807, 2.05) is 13.8 Å². The van der Waals surface area contributed by atoms with Gasteiger partial charge in [0.15, 0.2) is 0 Å². The van der Waals surface area contributed by atoms with E-state index in [9.17, 15) is 9.59 Å². The molecule has 1 aliphatic carbocycles. The first-order valence-electron chi connectivity index (χ1n) is 5.39. The molecule has 0 atom stereocenters. The first-order valence-corrected chi connectivity index (χ1v) is 5.39. The number of rotatable bonds is 5. The van der Waals surface area contributed by atoms with E-state index in [1.165, 1.54) is 0 Å². The van der Waals surface area contributed by atoms with E-state index < -0.39 is 0 Å². The van der Waals surface area contributed by atoms with E-state index in [-0.39, 0.29) is 18.5 Å². The summed E-state index contributed by atoms with van der Waals surface area (Å²) in [5, 5.41) is 7.98. The third kappa shape index (κ3) is 5.93. The van der Waals surface area contributed by atoms with Gasteiger partial charge in [0.1, 0.15) is 0 Å². The van der Waals surface area contributed by atoms with Crippen LogP contribution in [0, 0.1) is 5.92 Å². The molecule has 1 saturated carbocycles. The van der Waals surface area contributed by atoms with E-state index in [0.29, 0.717) is 18.5 Å². The Morgan fingerprint density at radius 2 is 1.93 bits per heavy atom. The zero-order chi connectivity index (χ0) is 11.3. The van der Waals surface area contributed by atoms with Gasteiger partial charge in [-0.15, -0.1) is 0 Å². The molecule has 3 N–H and O–H groups in total. The maximum atomic E-state index is 11.2. The minimum absolute atomic E-state index is 0.0469. The Balaban J connectivity index is 2.02. The lowest BCUT2D eigenvalue weighted by molar-refractivity contribution is -0.120. The number of carbonyl (C=O) groups excluding carboxylic acids is 2. The average Bonchev–Trinajstić information content (AvgIpc) is 2.95. The number of hydrogen-bond acceptors (Lipinski definition) is 2. The van der Waals surface area contributed by atoms with Crippen LogP contribution in [0.4, 0.5) is 4.79 Å². The highest BCUT2D eigenvalue weighted by atomic mass is 16.2. The van der Waals surface area contributed by atoms with Crippen LogP contribution in [0.5, 0.6) is 0 Å². The van der Waals surface area contributed by atoms with E-state index in [4.69, 9.17) is 0 Å². The monoisotopic (exact) mass is 213 g/mol. The van der Waals surface area contributed by atoms with Crippen LogP contribution < -0.4 is 16.0 Å². The Kier molecular flexibility index (Phi) is 4.39. The zero-order valence-corrected chi connectivity index (χ0v) is 9.30. The summed E-state index contributed by atoms with van der Waals surface area (Å²) >= 11 is 0. The molecule has 1 aliphatic rings. The van der Waals surface area contributed by atoms with Gasteiger partial charge in [0.05, 0.1) is 6.54 Å². The molecule has 3 amide bonds. The van der Waals surface area contributed by atoms with E-state index in [2.05, 4.69) is 16.0 Å². The molecule has 0 aliphatic heterocycles. The van der Waals surface area contributed by atoms with Crippen molar-refractivity contribution in [1.82, 2.24) is 16.0 Å². The second-order valence-corrected chi connectivity index (χ2v) is 4.30. The predicted octanol–water partition coefficient (Wildman–Crippen LogP) is 0.220. The van der Waals surface area contributed by atoms with Crippen LogP contribution in [0.15, 0.2) is 0 Å². The number of hydrogen-bond donors (Lipinski definition) is 3. The highest BCUT2D eigenvalue weighted by Crippen LogP contribution is 2.17. The predicted molar refractivity (Wildman–Crippen MR) is 57.4 cm³/mol. The smallest absolute Gasteiger partial charge is 0.315 e. The first-order chi connectivity index (χ1) is 7.08. The van der Waals surface area contributed by atoms with Crippen molar-refractivity contribution >= 4 is 11.9 Å². The topological polar surface area (TPSA) is 70.2 Å². The van der Waals surface area contributed by atoms with Crippen molar-refractivity contribution in [2.75, 3.05) is 13.1 Å². The molecule has 86 valence electrons. The van der Waals surface area contributed by atoms with Gasteiger partial charge in [-0.05, 0) is 18.8 Å². The lowest BCUT2D eigenvalue weighted by Gasteiger charge is -2.09. The van der Waals surface area contributed by atoms with Crippen LogP contribution in [0.3, 0.4) is 0 Å². The molecule has 0 aromatic heterocycles. The lowest BCUT2D eigenvalue weighted by Crippen LogP contribution is -2.43. The Morgan fingerprint density at radius 1 is 1.27 bits per heavy atom. The van der Waals surface area contributed by atoms with Crippen molar-refractivity contribution in [1.29, 1.82) is 0 Å². The summed E-state index contributed by atoms with van der Waals surface area (Å²) in [6.45, 7) is 4.73. The van der Waals surface area contributed by atoms with Crippen LogP contribution in [0.1, 0.15) is 26.7 Å². The van der Waals surface area contributed by atoms with Gasteiger partial charge < -0.3 is 16.0 Å². The molecule has 0 bridgehead atoms. The summed E-state index contributed by atoms with van der Waals surface area (Å²) in [7, 11) is 0. The van der Waals surface area contributed by atoms with Crippen LogP contribution >= 0.6 is 0 Å². The fraction of sp³-hybridized carbons (Fsp3) is 0.800. The van der Waals surface area contributed by atoms with Gasteiger partial charge in [0.2, 0.25) is 5.91 Å². The molecule has 15 heavy (non-hydrogen) atoms. The number of urea groups is 1. The Labute approximate surface area is 90.0 Å². The maximum absolute atomic E-state index is 11.2. The van der Waals surface area contributed by atoms with E-state index in [1.54, 1.807) is 0 Å². The molecule has 5 nitrogen and oxygen atoms in total. The summed E-state index contributed by atoms with van der Waals surface area (Å²) < 4.78 is 0. The van der Waals surface area contributed by atoms with E-state index in [0.717, 1.165) is 12.8 Å². The van der Waals surface area contributed by atoms with Crippen LogP contribution in [0.2, 0.25) is 0 Å². The largest absolute Gasteiger partial charge is 0.354 e. The molecular weight excluding hydrogens is 194 g/mol. The molecule has 0 aromatic rings. The fourth-order valence-electron chi connectivity index (χ4n) is 1.01. The summed E-state index contributed by atoms with van der Waals surface area (Å²) in [5.41, 5.74) is 0. The Hall–Kier alpha value is -1.26. The first kappa shape index (κ1) is 11.8. The minimum Gasteiger partial charge on any atom is -0.354 e. The van der Waals surface area contributed by atoms with Crippen molar-refractivity contribution in [2.45, 2.75) is 32.7 Å². The van der Waals surface area contributed by atoms with E-state index >= 15 is 0 Å². The molecule has 0 saturated heterocycles. The van der Waals surface area contributed by atoms with Gasteiger partial charge in [0, 0.05) is 12.6 Å². The lowest BCUT2D eigenvalue weighted by atomic mass is 10.2. The standard InChI is InChI=1S/C10H19N3O2/c1-7(2)5-11-9(14)6-12-10(15)13-8-3-4-8/h7-8H,3-6H2,1-2H3,(H,11,14)(H2,12,13,15). The average molecular weight is 213 g/mol. The second-order valence-electron chi connectivity index (χ2n) is 4.30. The summed E-state index contributed by atoms with van der Waals surface area (Å²) in [6.07, 6.45) is 2.10. The van der Waals surface area contributed by atoms with Crippen LogP contribution in [-0.4, -0.2) is 31.1 Å². The molecule has 0 unspecified atom stereocenters. The molecule has 1 fully saturated rings.